The molecule has 1 unspecified atom stereocenters. The van der Waals surface area contributed by atoms with Crippen molar-refractivity contribution in [3.63, 3.8) is 0 Å². The summed E-state index contributed by atoms with van der Waals surface area (Å²) < 4.78 is 0. The van der Waals surface area contributed by atoms with E-state index in [1.54, 1.807) is 13.0 Å². The molecule has 0 radical (unpaired) electrons. The van der Waals surface area contributed by atoms with Gasteiger partial charge < -0.3 is 10.2 Å². The first-order valence-electron chi connectivity index (χ1n) is 6.76. The lowest BCUT2D eigenvalue weighted by molar-refractivity contribution is -0.385. The molecule has 0 amide bonds. The zero-order valence-corrected chi connectivity index (χ0v) is 11.6. The van der Waals surface area contributed by atoms with Crippen LogP contribution in [0.1, 0.15) is 18.4 Å². The number of nitro benzene ring substituents is 1. The van der Waals surface area contributed by atoms with Crippen molar-refractivity contribution in [2.75, 3.05) is 31.6 Å². The van der Waals surface area contributed by atoms with Crippen molar-refractivity contribution in [2.45, 2.75) is 19.8 Å². The lowest BCUT2D eigenvalue weighted by Gasteiger charge is -2.34. The number of nitrogens with zero attached hydrogens (tertiary/aromatic N) is 2. The van der Waals surface area contributed by atoms with Crippen molar-refractivity contribution in [3.8, 4) is 0 Å². The topological polar surface area (TPSA) is 58.4 Å². The molecule has 0 aliphatic carbocycles. The Bertz CT molecular complexity index is 460. The van der Waals surface area contributed by atoms with E-state index in [-0.39, 0.29) is 10.6 Å². The molecular weight excluding hydrogens is 242 g/mol. The standard InChI is InChI=1S/C14H21N3O2/c1-11-8-13(5-6-14(11)17(18)19)16-7-3-4-12(10-16)9-15-2/h5-6,8,12,15H,3-4,7,9-10H2,1-2H3. The molecule has 0 spiro atoms. The highest BCUT2D eigenvalue weighted by Crippen LogP contribution is 2.27. The molecule has 1 aromatic carbocycles. The van der Waals surface area contributed by atoms with Gasteiger partial charge in [0.2, 0.25) is 0 Å². The summed E-state index contributed by atoms with van der Waals surface area (Å²) in [6.07, 6.45) is 2.44. The molecule has 1 saturated heterocycles. The molecule has 5 heteroatoms. The van der Waals surface area contributed by atoms with E-state index in [4.69, 9.17) is 0 Å². The lowest BCUT2D eigenvalue weighted by atomic mass is 9.97. The minimum atomic E-state index is -0.320. The molecule has 1 N–H and O–H groups in total. The minimum absolute atomic E-state index is 0.201. The van der Waals surface area contributed by atoms with Crippen LogP contribution in [-0.2, 0) is 0 Å². The molecule has 1 aliphatic rings. The number of anilines is 1. The number of rotatable bonds is 4. The molecule has 0 aromatic heterocycles. The van der Waals surface area contributed by atoms with E-state index in [1.165, 1.54) is 12.8 Å². The van der Waals surface area contributed by atoms with E-state index in [9.17, 15) is 10.1 Å². The smallest absolute Gasteiger partial charge is 0.272 e. The van der Waals surface area contributed by atoms with Crippen LogP contribution in [0.15, 0.2) is 18.2 Å². The zero-order chi connectivity index (χ0) is 13.8. The molecule has 104 valence electrons. The molecule has 1 atom stereocenters. The van der Waals surface area contributed by atoms with Crippen LogP contribution in [0, 0.1) is 23.0 Å². The molecule has 1 aromatic rings. The van der Waals surface area contributed by atoms with Gasteiger partial charge in [-0.2, -0.15) is 0 Å². The third-order valence-corrected chi connectivity index (χ3v) is 3.75. The van der Waals surface area contributed by atoms with Crippen molar-refractivity contribution in [2.24, 2.45) is 5.92 Å². The van der Waals surface area contributed by atoms with E-state index in [2.05, 4.69) is 10.2 Å². The second-order valence-corrected chi connectivity index (χ2v) is 5.24. The van der Waals surface area contributed by atoms with E-state index in [1.807, 2.05) is 19.2 Å². The monoisotopic (exact) mass is 263 g/mol. The maximum atomic E-state index is 10.8. The van der Waals surface area contributed by atoms with Gasteiger partial charge in [0.25, 0.3) is 5.69 Å². The zero-order valence-electron chi connectivity index (χ0n) is 11.6. The Morgan fingerprint density at radius 2 is 2.32 bits per heavy atom. The van der Waals surface area contributed by atoms with Crippen LogP contribution in [-0.4, -0.2) is 31.6 Å². The first-order valence-corrected chi connectivity index (χ1v) is 6.76. The Balaban J connectivity index is 2.13. The summed E-state index contributed by atoms with van der Waals surface area (Å²) >= 11 is 0. The molecule has 0 bridgehead atoms. The van der Waals surface area contributed by atoms with Gasteiger partial charge >= 0.3 is 0 Å². The molecule has 19 heavy (non-hydrogen) atoms. The molecule has 5 nitrogen and oxygen atoms in total. The van der Waals surface area contributed by atoms with Crippen LogP contribution in [0.4, 0.5) is 11.4 Å². The van der Waals surface area contributed by atoms with Gasteiger partial charge in [0.05, 0.1) is 4.92 Å². The van der Waals surface area contributed by atoms with E-state index in [0.717, 1.165) is 30.9 Å². The van der Waals surface area contributed by atoms with Gasteiger partial charge in [-0.15, -0.1) is 0 Å². The summed E-state index contributed by atoms with van der Waals surface area (Å²) in [6.45, 7) is 4.90. The number of benzene rings is 1. The number of hydrogen-bond acceptors (Lipinski definition) is 4. The van der Waals surface area contributed by atoms with Crippen LogP contribution in [0.2, 0.25) is 0 Å². The fourth-order valence-corrected chi connectivity index (χ4v) is 2.80. The largest absolute Gasteiger partial charge is 0.371 e. The Labute approximate surface area is 113 Å². The number of hydrogen-bond donors (Lipinski definition) is 1. The summed E-state index contributed by atoms with van der Waals surface area (Å²) in [4.78, 5) is 12.8. The van der Waals surface area contributed by atoms with Gasteiger partial charge in [-0.05, 0) is 51.4 Å². The lowest BCUT2D eigenvalue weighted by Crippen LogP contribution is -2.39. The van der Waals surface area contributed by atoms with Gasteiger partial charge in [-0.1, -0.05) is 0 Å². The Kier molecular flexibility index (Phi) is 4.37. The van der Waals surface area contributed by atoms with Crippen molar-refractivity contribution < 1.29 is 4.92 Å². The van der Waals surface area contributed by atoms with Gasteiger partial charge in [-0.25, -0.2) is 0 Å². The second kappa shape index (κ2) is 6.02. The number of piperidine rings is 1. The highest BCUT2D eigenvalue weighted by molar-refractivity contribution is 5.55. The van der Waals surface area contributed by atoms with Gasteiger partial charge in [0, 0.05) is 30.4 Å². The van der Waals surface area contributed by atoms with Crippen molar-refractivity contribution in [1.29, 1.82) is 0 Å². The van der Waals surface area contributed by atoms with Crippen LogP contribution in [0.5, 0.6) is 0 Å². The molecule has 1 fully saturated rings. The van der Waals surface area contributed by atoms with E-state index < -0.39 is 0 Å². The third-order valence-electron chi connectivity index (χ3n) is 3.75. The fourth-order valence-electron chi connectivity index (χ4n) is 2.80. The summed E-state index contributed by atoms with van der Waals surface area (Å²) in [7, 11) is 1.98. The quantitative estimate of drug-likeness (QED) is 0.669. The Morgan fingerprint density at radius 1 is 1.53 bits per heavy atom. The fraction of sp³-hybridized carbons (Fsp3) is 0.571. The highest BCUT2D eigenvalue weighted by Gasteiger charge is 2.21. The highest BCUT2D eigenvalue weighted by atomic mass is 16.6. The molecule has 1 heterocycles. The van der Waals surface area contributed by atoms with Crippen LogP contribution < -0.4 is 10.2 Å². The van der Waals surface area contributed by atoms with Crippen molar-refractivity contribution in [1.82, 2.24) is 5.32 Å². The minimum Gasteiger partial charge on any atom is -0.371 e. The second-order valence-electron chi connectivity index (χ2n) is 5.24. The van der Waals surface area contributed by atoms with Crippen LogP contribution in [0.3, 0.4) is 0 Å². The van der Waals surface area contributed by atoms with Gasteiger partial charge in [0.1, 0.15) is 0 Å². The average molecular weight is 263 g/mol. The van der Waals surface area contributed by atoms with Gasteiger partial charge in [0.15, 0.2) is 0 Å². The molecule has 1 aliphatic heterocycles. The summed E-state index contributed by atoms with van der Waals surface area (Å²) in [5, 5.41) is 14.1. The normalized spacial score (nSPS) is 19.5. The predicted octanol–water partition coefficient (Wildman–Crippen LogP) is 2.34. The SMILES string of the molecule is CNCC1CCCN(c2ccc([N+](=O)[O-])c(C)c2)C1. The summed E-state index contributed by atoms with van der Waals surface area (Å²) in [5.41, 5.74) is 2.04. The van der Waals surface area contributed by atoms with E-state index in [0.29, 0.717) is 5.92 Å². The molecular formula is C14H21N3O2. The van der Waals surface area contributed by atoms with Gasteiger partial charge in [-0.3, -0.25) is 10.1 Å². The summed E-state index contributed by atoms with van der Waals surface area (Å²) in [5.74, 6) is 0.661. The van der Waals surface area contributed by atoms with Crippen LogP contribution >= 0.6 is 0 Å². The average Bonchev–Trinajstić information content (AvgIpc) is 2.39. The van der Waals surface area contributed by atoms with Crippen molar-refractivity contribution in [3.05, 3.63) is 33.9 Å². The Hall–Kier alpha value is -1.62. The first kappa shape index (κ1) is 13.8. The first-order chi connectivity index (χ1) is 9.11. The maximum Gasteiger partial charge on any atom is 0.272 e. The number of nitrogens with one attached hydrogen (secondary N) is 1. The van der Waals surface area contributed by atoms with E-state index >= 15 is 0 Å². The van der Waals surface area contributed by atoms with Crippen molar-refractivity contribution >= 4 is 11.4 Å². The number of nitro groups is 1. The maximum absolute atomic E-state index is 10.8. The molecule has 2 rings (SSSR count). The molecule has 0 saturated carbocycles. The number of aryl methyl sites for hydroxylation is 1. The summed E-state index contributed by atoms with van der Waals surface area (Å²) in [6, 6.07) is 5.42. The van der Waals surface area contributed by atoms with Crippen LogP contribution in [0.25, 0.3) is 0 Å². The third kappa shape index (κ3) is 3.23. The Morgan fingerprint density at radius 3 is 2.95 bits per heavy atom. The predicted molar refractivity (Wildman–Crippen MR) is 76.7 cm³/mol.